The van der Waals surface area contributed by atoms with Crippen LogP contribution in [0.5, 0.6) is 0 Å². The van der Waals surface area contributed by atoms with Gasteiger partial charge < -0.3 is 5.11 Å². The summed E-state index contributed by atoms with van der Waals surface area (Å²) in [5, 5.41) is 13.2. The van der Waals surface area contributed by atoms with E-state index < -0.39 is 21.3 Å². The van der Waals surface area contributed by atoms with E-state index >= 15 is 0 Å². The van der Waals surface area contributed by atoms with Gasteiger partial charge in [0.2, 0.25) is 0 Å². The molecule has 1 aliphatic rings. The average Bonchev–Trinajstić information content (AvgIpc) is 2.86. The minimum Gasteiger partial charge on any atom is -0.479 e. The number of aliphatic carboxylic acids is 1. The summed E-state index contributed by atoms with van der Waals surface area (Å²) < 4.78 is 24.0. The fourth-order valence-corrected chi connectivity index (χ4v) is 2.76. The van der Waals surface area contributed by atoms with Crippen LogP contribution in [-0.2, 0) is 20.2 Å². The molecule has 1 aromatic rings. The van der Waals surface area contributed by atoms with Gasteiger partial charge in [-0.2, -0.15) is 5.10 Å². The maximum Gasteiger partial charge on any atom is 0.331 e. The zero-order valence-corrected chi connectivity index (χ0v) is 10.3. The number of sulfone groups is 1. The molecule has 0 bridgehead atoms. The van der Waals surface area contributed by atoms with Crippen molar-refractivity contribution in [1.29, 1.82) is 0 Å². The number of rotatable bonds is 3. The monoisotopic (exact) mass is 258 g/mol. The third-order valence-electron chi connectivity index (χ3n) is 3.25. The molecule has 0 unspecified atom stereocenters. The Morgan fingerprint density at radius 3 is 2.47 bits per heavy atom. The maximum absolute atomic E-state index is 11.4. The quantitative estimate of drug-likeness (QED) is 0.859. The van der Waals surface area contributed by atoms with Gasteiger partial charge in [0, 0.05) is 12.5 Å². The zero-order chi connectivity index (χ0) is 12.7. The van der Waals surface area contributed by atoms with Crippen molar-refractivity contribution in [3.8, 4) is 0 Å². The Hall–Kier alpha value is -1.37. The van der Waals surface area contributed by atoms with E-state index in [0.717, 1.165) is 19.1 Å². The molecule has 1 N–H and O–H groups in total. The molecule has 17 heavy (non-hydrogen) atoms. The first-order chi connectivity index (χ1) is 7.86. The van der Waals surface area contributed by atoms with Gasteiger partial charge in [0.15, 0.2) is 15.4 Å². The molecule has 0 amide bonds. The molecule has 1 aliphatic carbocycles. The Kier molecular flexibility index (Phi) is 2.73. The second kappa shape index (κ2) is 3.83. The molecule has 1 saturated carbocycles. The van der Waals surface area contributed by atoms with Gasteiger partial charge in [0.05, 0.1) is 6.20 Å². The maximum atomic E-state index is 11.4. The normalized spacial score (nSPS) is 19.4. The molecule has 2 rings (SSSR count). The SMILES string of the molecule is CS(=O)(=O)c1cnn(C2(C(=O)O)CCCC2)c1. The number of nitrogens with zero attached hydrogens (tertiary/aromatic N) is 2. The summed E-state index contributed by atoms with van der Waals surface area (Å²) in [7, 11) is -3.34. The molecule has 0 aromatic carbocycles. The smallest absolute Gasteiger partial charge is 0.331 e. The number of carboxylic acids is 1. The van der Waals surface area contributed by atoms with Crippen LogP contribution in [0.15, 0.2) is 17.3 Å². The predicted molar refractivity (Wildman–Crippen MR) is 59.4 cm³/mol. The lowest BCUT2D eigenvalue weighted by Gasteiger charge is -2.24. The van der Waals surface area contributed by atoms with Crippen molar-refractivity contribution < 1.29 is 18.3 Å². The Morgan fingerprint density at radius 1 is 1.47 bits per heavy atom. The third-order valence-corrected chi connectivity index (χ3v) is 4.32. The molecular weight excluding hydrogens is 244 g/mol. The van der Waals surface area contributed by atoms with Crippen molar-refractivity contribution in [2.45, 2.75) is 36.1 Å². The van der Waals surface area contributed by atoms with Crippen LogP contribution >= 0.6 is 0 Å². The van der Waals surface area contributed by atoms with E-state index in [1.165, 1.54) is 17.1 Å². The summed E-state index contributed by atoms with van der Waals surface area (Å²) in [4.78, 5) is 11.4. The molecule has 0 aliphatic heterocycles. The highest BCUT2D eigenvalue weighted by atomic mass is 32.2. The molecule has 0 radical (unpaired) electrons. The van der Waals surface area contributed by atoms with E-state index in [2.05, 4.69) is 5.10 Å². The summed E-state index contributed by atoms with van der Waals surface area (Å²) in [6.45, 7) is 0. The lowest BCUT2D eigenvalue weighted by atomic mass is 9.98. The van der Waals surface area contributed by atoms with E-state index in [-0.39, 0.29) is 4.90 Å². The van der Waals surface area contributed by atoms with Crippen LogP contribution in [0.2, 0.25) is 0 Å². The van der Waals surface area contributed by atoms with E-state index in [4.69, 9.17) is 0 Å². The second-order valence-electron chi connectivity index (χ2n) is 4.44. The Bertz CT molecular complexity index is 540. The highest BCUT2D eigenvalue weighted by molar-refractivity contribution is 7.90. The van der Waals surface area contributed by atoms with Crippen LogP contribution in [0.1, 0.15) is 25.7 Å². The highest BCUT2D eigenvalue weighted by Gasteiger charge is 2.44. The second-order valence-corrected chi connectivity index (χ2v) is 6.45. The van der Waals surface area contributed by atoms with Crippen LogP contribution in [-0.4, -0.2) is 35.5 Å². The Balaban J connectivity index is 2.46. The van der Waals surface area contributed by atoms with Crippen LogP contribution in [0.4, 0.5) is 0 Å². The minimum absolute atomic E-state index is 0.0602. The van der Waals surface area contributed by atoms with E-state index in [9.17, 15) is 18.3 Å². The lowest BCUT2D eigenvalue weighted by Crippen LogP contribution is -2.39. The first-order valence-corrected chi connectivity index (χ1v) is 7.24. The van der Waals surface area contributed by atoms with Crippen LogP contribution in [0.25, 0.3) is 0 Å². The average molecular weight is 258 g/mol. The number of hydrogen-bond donors (Lipinski definition) is 1. The molecule has 6 nitrogen and oxygen atoms in total. The summed E-state index contributed by atoms with van der Waals surface area (Å²) in [6, 6.07) is 0. The van der Waals surface area contributed by atoms with Crippen LogP contribution in [0.3, 0.4) is 0 Å². The third kappa shape index (κ3) is 1.95. The molecule has 1 fully saturated rings. The van der Waals surface area contributed by atoms with E-state index in [0.29, 0.717) is 12.8 Å². The topological polar surface area (TPSA) is 89.3 Å². The van der Waals surface area contributed by atoms with Crippen LogP contribution in [0, 0.1) is 0 Å². The minimum atomic E-state index is -3.34. The fourth-order valence-electron chi connectivity index (χ4n) is 2.23. The van der Waals surface area contributed by atoms with Gasteiger partial charge in [0.1, 0.15) is 4.90 Å². The Labute approximate surface area is 99.2 Å². The molecule has 0 spiro atoms. The lowest BCUT2D eigenvalue weighted by molar-refractivity contribution is -0.147. The zero-order valence-electron chi connectivity index (χ0n) is 9.46. The number of carboxylic acid groups (broad SMARTS) is 1. The fraction of sp³-hybridized carbons (Fsp3) is 0.600. The van der Waals surface area contributed by atoms with Crippen molar-refractivity contribution in [1.82, 2.24) is 9.78 Å². The van der Waals surface area contributed by atoms with Gasteiger partial charge in [0.25, 0.3) is 0 Å². The predicted octanol–water partition coefficient (Wildman–Crippen LogP) is 0.640. The van der Waals surface area contributed by atoms with Gasteiger partial charge in [-0.1, -0.05) is 12.8 Å². The van der Waals surface area contributed by atoms with E-state index in [1.807, 2.05) is 0 Å². The molecule has 1 heterocycles. The molecule has 1 aromatic heterocycles. The van der Waals surface area contributed by atoms with Gasteiger partial charge >= 0.3 is 5.97 Å². The Morgan fingerprint density at radius 2 is 2.06 bits per heavy atom. The van der Waals surface area contributed by atoms with E-state index in [1.54, 1.807) is 0 Å². The highest BCUT2D eigenvalue weighted by Crippen LogP contribution is 2.36. The van der Waals surface area contributed by atoms with Gasteiger partial charge in [-0.05, 0) is 12.8 Å². The first kappa shape index (κ1) is 12.1. The first-order valence-electron chi connectivity index (χ1n) is 5.35. The standard InChI is InChI=1S/C10H14N2O4S/c1-17(15,16)8-6-11-12(7-8)10(9(13)14)4-2-3-5-10/h6-7H,2-5H2,1H3,(H,13,14). The van der Waals surface area contributed by atoms with Crippen molar-refractivity contribution in [2.24, 2.45) is 0 Å². The number of hydrogen-bond acceptors (Lipinski definition) is 4. The molecule has 0 atom stereocenters. The van der Waals surface area contributed by atoms with Crippen molar-refractivity contribution in [3.05, 3.63) is 12.4 Å². The summed E-state index contributed by atoms with van der Waals surface area (Å²) in [5.41, 5.74) is -1.07. The molecule has 7 heteroatoms. The molecular formula is C10H14N2O4S. The van der Waals surface area contributed by atoms with Crippen LogP contribution < -0.4 is 0 Å². The van der Waals surface area contributed by atoms with Gasteiger partial charge in [-0.3, -0.25) is 4.68 Å². The van der Waals surface area contributed by atoms with Crippen molar-refractivity contribution in [3.63, 3.8) is 0 Å². The summed E-state index contributed by atoms with van der Waals surface area (Å²) in [5.74, 6) is -0.946. The van der Waals surface area contributed by atoms with Crippen molar-refractivity contribution >= 4 is 15.8 Å². The number of aromatic nitrogens is 2. The molecule has 94 valence electrons. The summed E-state index contributed by atoms with van der Waals surface area (Å²) >= 11 is 0. The molecule has 0 saturated heterocycles. The summed E-state index contributed by atoms with van der Waals surface area (Å²) in [6.07, 6.45) is 6.23. The number of carbonyl (C=O) groups is 1. The van der Waals surface area contributed by atoms with Gasteiger partial charge in [-0.25, -0.2) is 13.2 Å². The van der Waals surface area contributed by atoms with Crippen molar-refractivity contribution in [2.75, 3.05) is 6.26 Å². The van der Waals surface area contributed by atoms with Gasteiger partial charge in [-0.15, -0.1) is 0 Å². The largest absolute Gasteiger partial charge is 0.479 e.